The van der Waals surface area contributed by atoms with Crippen LogP contribution in [0.2, 0.25) is 0 Å². The third kappa shape index (κ3) is 2.35. The average molecular weight is 288 g/mol. The van der Waals surface area contributed by atoms with Crippen molar-refractivity contribution in [2.75, 3.05) is 0 Å². The van der Waals surface area contributed by atoms with E-state index in [1.165, 1.54) is 41.6 Å². The number of hydrogen-bond acceptors (Lipinski definition) is 1. The van der Waals surface area contributed by atoms with Gasteiger partial charge in [-0.1, -0.05) is 61.0 Å². The molecule has 3 aromatic rings. The number of nitrogens with zero attached hydrogens (tertiary/aromatic N) is 2. The van der Waals surface area contributed by atoms with Crippen molar-refractivity contribution in [1.29, 1.82) is 0 Å². The number of imidazole rings is 1. The summed E-state index contributed by atoms with van der Waals surface area (Å²) in [5.74, 6) is 0. The van der Waals surface area contributed by atoms with Crippen LogP contribution in [0.5, 0.6) is 0 Å². The Labute approximate surface area is 131 Å². The molecule has 2 heteroatoms. The Balaban J connectivity index is 1.84. The maximum Gasteiger partial charge on any atom is 0.0953 e. The normalized spacial score (nSPS) is 17.7. The van der Waals surface area contributed by atoms with Gasteiger partial charge in [-0.15, -0.1) is 0 Å². The number of fused-ring (bicyclic) bond motifs is 1. The van der Waals surface area contributed by atoms with Gasteiger partial charge in [-0.3, -0.25) is 0 Å². The first-order valence-corrected chi connectivity index (χ1v) is 8.08. The summed E-state index contributed by atoms with van der Waals surface area (Å²) in [5, 5.41) is 0. The average Bonchev–Trinajstić information content (AvgIpc) is 2.95. The highest BCUT2D eigenvalue weighted by Gasteiger charge is 2.21. The maximum atomic E-state index is 4.39. The molecule has 0 aliphatic carbocycles. The summed E-state index contributed by atoms with van der Waals surface area (Å²) >= 11 is 0. The largest absolute Gasteiger partial charge is 0.327 e. The van der Waals surface area contributed by atoms with Crippen LogP contribution >= 0.6 is 0 Å². The molecule has 0 amide bonds. The summed E-state index contributed by atoms with van der Waals surface area (Å²) in [4.78, 5) is 4.39. The lowest BCUT2D eigenvalue weighted by atomic mass is 9.92. The second-order valence-electron chi connectivity index (χ2n) is 6.01. The summed E-state index contributed by atoms with van der Waals surface area (Å²) in [6.45, 7) is 0. The Bertz CT molecular complexity index is 758. The van der Waals surface area contributed by atoms with Crippen LogP contribution in [0.4, 0.5) is 0 Å². The standard InChI is InChI=1S/C20H20N2/c1-2-8-16(9-3-1)18-11-5-6-12-19(18)20-13-7-4-10-17-14-21-15-22(17)20/h1-3,5-6,8-9,11-12,14-15,20H,4,7,10,13H2. The third-order valence-electron chi connectivity index (χ3n) is 4.65. The van der Waals surface area contributed by atoms with Gasteiger partial charge in [-0.2, -0.15) is 0 Å². The zero-order valence-electron chi connectivity index (χ0n) is 12.7. The van der Waals surface area contributed by atoms with Crippen molar-refractivity contribution in [3.63, 3.8) is 0 Å². The number of aromatic nitrogens is 2. The van der Waals surface area contributed by atoms with E-state index in [0.29, 0.717) is 6.04 Å². The first-order chi connectivity index (χ1) is 10.9. The molecular formula is C20H20N2. The number of aryl methyl sites for hydroxylation is 1. The summed E-state index contributed by atoms with van der Waals surface area (Å²) in [7, 11) is 0. The lowest BCUT2D eigenvalue weighted by Crippen LogP contribution is -2.11. The number of hydrogen-bond donors (Lipinski definition) is 0. The molecule has 1 unspecified atom stereocenters. The van der Waals surface area contributed by atoms with Crippen molar-refractivity contribution in [1.82, 2.24) is 9.55 Å². The van der Waals surface area contributed by atoms with Gasteiger partial charge in [-0.05, 0) is 36.0 Å². The van der Waals surface area contributed by atoms with Gasteiger partial charge >= 0.3 is 0 Å². The molecule has 1 aliphatic rings. The van der Waals surface area contributed by atoms with E-state index in [2.05, 4.69) is 64.1 Å². The van der Waals surface area contributed by atoms with Crippen LogP contribution in [-0.4, -0.2) is 9.55 Å². The highest BCUT2D eigenvalue weighted by molar-refractivity contribution is 5.68. The maximum absolute atomic E-state index is 4.39. The lowest BCUT2D eigenvalue weighted by Gasteiger charge is -2.22. The summed E-state index contributed by atoms with van der Waals surface area (Å²) in [6.07, 6.45) is 8.90. The predicted octanol–water partition coefficient (Wildman–Crippen LogP) is 4.87. The van der Waals surface area contributed by atoms with Gasteiger partial charge in [0.15, 0.2) is 0 Å². The second kappa shape index (κ2) is 5.80. The molecule has 1 aliphatic heterocycles. The summed E-state index contributed by atoms with van der Waals surface area (Å²) < 4.78 is 2.38. The minimum atomic E-state index is 0.399. The Morgan fingerprint density at radius 3 is 2.64 bits per heavy atom. The molecule has 0 bridgehead atoms. The van der Waals surface area contributed by atoms with Crippen LogP contribution < -0.4 is 0 Å². The summed E-state index contributed by atoms with van der Waals surface area (Å²) in [5.41, 5.74) is 5.42. The Hall–Kier alpha value is -2.35. The van der Waals surface area contributed by atoms with E-state index >= 15 is 0 Å². The Kier molecular flexibility index (Phi) is 3.51. The smallest absolute Gasteiger partial charge is 0.0953 e. The zero-order chi connectivity index (χ0) is 14.8. The second-order valence-corrected chi connectivity index (χ2v) is 6.01. The Morgan fingerprint density at radius 2 is 1.73 bits per heavy atom. The van der Waals surface area contributed by atoms with Crippen LogP contribution in [-0.2, 0) is 6.42 Å². The van der Waals surface area contributed by atoms with Gasteiger partial charge in [0.2, 0.25) is 0 Å². The van der Waals surface area contributed by atoms with Crippen LogP contribution in [0.3, 0.4) is 0 Å². The monoisotopic (exact) mass is 288 g/mol. The van der Waals surface area contributed by atoms with Crippen LogP contribution in [0.25, 0.3) is 11.1 Å². The molecule has 22 heavy (non-hydrogen) atoms. The minimum absolute atomic E-state index is 0.399. The van der Waals surface area contributed by atoms with Crippen molar-refractivity contribution >= 4 is 0 Å². The first-order valence-electron chi connectivity index (χ1n) is 8.08. The van der Waals surface area contributed by atoms with Gasteiger partial charge in [0.1, 0.15) is 0 Å². The van der Waals surface area contributed by atoms with Crippen molar-refractivity contribution in [3.05, 3.63) is 78.4 Å². The molecule has 0 saturated heterocycles. The molecule has 2 nitrogen and oxygen atoms in total. The first kappa shape index (κ1) is 13.3. The van der Waals surface area contributed by atoms with Crippen LogP contribution in [0.15, 0.2) is 67.1 Å². The van der Waals surface area contributed by atoms with Crippen molar-refractivity contribution in [2.45, 2.75) is 31.7 Å². The molecule has 110 valence electrons. The minimum Gasteiger partial charge on any atom is -0.327 e. The molecule has 1 atom stereocenters. The van der Waals surface area contributed by atoms with E-state index in [1.54, 1.807) is 0 Å². The van der Waals surface area contributed by atoms with E-state index in [9.17, 15) is 0 Å². The molecular weight excluding hydrogens is 268 g/mol. The highest BCUT2D eigenvalue weighted by atomic mass is 15.1. The SMILES string of the molecule is c1ccc(-c2ccccc2C2CCCCc3cncn32)cc1. The van der Waals surface area contributed by atoms with Crippen molar-refractivity contribution in [3.8, 4) is 11.1 Å². The van der Waals surface area contributed by atoms with Crippen LogP contribution in [0, 0.1) is 0 Å². The van der Waals surface area contributed by atoms with Gasteiger partial charge in [-0.25, -0.2) is 4.98 Å². The van der Waals surface area contributed by atoms with Crippen molar-refractivity contribution < 1.29 is 0 Å². The van der Waals surface area contributed by atoms with E-state index in [0.717, 1.165) is 6.42 Å². The highest BCUT2D eigenvalue weighted by Crippen LogP contribution is 2.35. The van der Waals surface area contributed by atoms with Gasteiger partial charge in [0.25, 0.3) is 0 Å². The zero-order valence-corrected chi connectivity index (χ0v) is 12.7. The molecule has 0 N–H and O–H groups in total. The number of rotatable bonds is 2. The summed E-state index contributed by atoms with van der Waals surface area (Å²) in [6, 6.07) is 19.9. The molecule has 0 fully saturated rings. The van der Waals surface area contributed by atoms with E-state index in [1.807, 2.05) is 12.5 Å². The van der Waals surface area contributed by atoms with Crippen LogP contribution in [0.1, 0.15) is 36.6 Å². The molecule has 0 radical (unpaired) electrons. The fraction of sp³-hybridized carbons (Fsp3) is 0.250. The van der Waals surface area contributed by atoms with E-state index < -0.39 is 0 Å². The van der Waals surface area contributed by atoms with Gasteiger partial charge in [0.05, 0.1) is 12.4 Å². The molecule has 0 spiro atoms. The topological polar surface area (TPSA) is 17.8 Å². The van der Waals surface area contributed by atoms with Crippen molar-refractivity contribution in [2.24, 2.45) is 0 Å². The van der Waals surface area contributed by atoms with Gasteiger partial charge in [0, 0.05) is 11.9 Å². The Morgan fingerprint density at radius 1 is 0.909 bits per heavy atom. The fourth-order valence-corrected chi connectivity index (χ4v) is 3.56. The molecule has 2 aromatic carbocycles. The van der Waals surface area contributed by atoms with E-state index in [-0.39, 0.29) is 0 Å². The third-order valence-corrected chi connectivity index (χ3v) is 4.65. The quantitative estimate of drug-likeness (QED) is 0.658. The van der Waals surface area contributed by atoms with E-state index in [4.69, 9.17) is 0 Å². The molecule has 4 rings (SSSR count). The lowest BCUT2D eigenvalue weighted by molar-refractivity contribution is 0.537. The predicted molar refractivity (Wildman–Crippen MR) is 89.8 cm³/mol. The van der Waals surface area contributed by atoms with Gasteiger partial charge < -0.3 is 4.57 Å². The fourth-order valence-electron chi connectivity index (χ4n) is 3.56. The number of benzene rings is 2. The molecule has 2 heterocycles. The molecule has 1 aromatic heterocycles. The molecule has 0 saturated carbocycles.